The predicted molar refractivity (Wildman–Crippen MR) is 133 cm³/mol. The first-order valence-corrected chi connectivity index (χ1v) is 11.4. The predicted octanol–water partition coefficient (Wildman–Crippen LogP) is 5.27. The summed E-state index contributed by atoms with van der Waals surface area (Å²) in [5.74, 6) is 0.223. The van der Waals surface area contributed by atoms with Gasteiger partial charge in [-0.3, -0.25) is 0 Å². The molecule has 4 N–H and O–H groups in total. The van der Waals surface area contributed by atoms with Crippen LogP contribution < -0.4 is 10.6 Å². The van der Waals surface area contributed by atoms with E-state index in [0.29, 0.717) is 11.5 Å². The van der Waals surface area contributed by atoms with E-state index in [2.05, 4.69) is 48.3 Å². The zero-order chi connectivity index (χ0) is 24.0. The second-order valence-electron chi connectivity index (χ2n) is 11.0. The van der Waals surface area contributed by atoms with E-state index in [-0.39, 0.29) is 22.9 Å². The third-order valence-electron chi connectivity index (χ3n) is 5.92. The molecule has 1 fully saturated rings. The van der Waals surface area contributed by atoms with Crippen LogP contribution in [0.1, 0.15) is 59.9 Å². The molecular formula is C26H34FN5O. The van der Waals surface area contributed by atoms with E-state index in [1.54, 1.807) is 38.3 Å². The van der Waals surface area contributed by atoms with Gasteiger partial charge in [0.2, 0.25) is 5.95 Å². The van der Waals surface area contributed by atoms with Gasteiger partial charge in [0, 0.05) is 51.5 Å². The van der Waals surface area contributed by atoms with Crippen molar-refractivity contribution in [3.8, 4) is 11.3 Å². The lowest BCUT2D eigenvalue weighted by molar-refractivity contribution is 0.134. The molecule has 3 heterocycles. The first-order valence-electron chi connectivity index (χ1n) is 11.4. The largest absolute Gasteiger partial charge is 0.386 e. The Balaban J connectivity index is 1.61. The average molecular weight is 452 g/mol. The van der Waals surface area contributed by atoms with Gasteiger partial charge in [-0.25, -0.2) is 14.4 Å². The molecule has 4 rings (SSSR count). The topological polar surface area (TPSA) is 85.9 Å². The number of aromatic nitrogens is 3. The highest BCUT2D eigenvalue weighted by Crippen LogP contribution is 2.32. The van der Waals surface area contributed by atoms with Gasteiger partial charge in [0.25, 0.3) is 0 Å². The van der Waals surface area contributed by atoms with E-state index < -0.39 is 5.60 Å². The number of piperidine rings is 1. The fourth-order valence-electron chi connectivity index (χ4n) is 4.98. The Morgan fingerprint density at radius 3 is 2.55 bits per heavy atom. The molecule has 0 bridgehead atoms. The van der Waals surface area contributed by atoms with Crippen molar-refractivity contribution in [3.63, 3.8) is 0 Å². The van der Waals surface area contributed by atoms with Crippen molar-refractivity contribution in [2.75, 3.05) is 5.32 Å². The normalized spacial score (nSPS) is 18.8. The van der Waals surface area contributed by atoms with Crippen molar-refractivity contribution in [2.24, 2.45) is 0 Å². The van der Waals surface area contributed by atoms with Crippen molar-refractivity contribution < 1.29 is 9.50 Å². The number of H-pyrrole nitrogens is 1. The summed E-state index contributed by atoms with van der Waals surface area (Å²) in [5, 5.41) is 17.9. The summed E-state index contributed by atoms with van der Waals surface area (Å²) in [6.07, 6.45) is 8.68. The van der Waals surface area contributed by atoms with Crippen LogP contribution in [-0.4, -0.2) is 42.8 Å². The molecule has 0 saturated carbocycles. The highest BCUT2D eigenvalue weighted by molar-refractivity contribution is 5.95. The van der Waals surface area contributed by atoms with E-state index in [9.17, 15) is 9.50 Å². The number of hydrogen-bond donors (Lipinski definition) is 4. The molecule has 176 valence electrons. The third-order valence-corrected chi connectivity index (χ3v) is 5.92. The Kier molecular flexibility index (Phi) is 5.83. The van der Waals surface area contributed by atoms with E-state index in [0.717, 1.165) is 35.0 Å². The molecule has 6 nitrogen and oxygen atoms in total. The Morgan fingerprint density at radius 2 is 1.88 bits per heavy atom. The zero-order valence-electron chi connectivity index (χ0n) is 20.3. The fraction of sp³-hybridized carbons (Fsp3) is 0.462. The van der Waals surface area contributed by atoms with Crippen molar-refractivity contribution in [3.05, 3.63) is 48.0 Å². The van der Waals surface area contributed by atoms with Gasteiger partial charge in [0.05, 0.1) is 11.3 Å². The summed E-state index contributed by atoms with van der Waals surface area (Å²) in [7, 11) is 0. The first kappa shape index (κ1) is 23.4. The molecule has 0 atom stereocenters. The number of aromatic amines is 1. The summed E-state index contributed by atoms with van der Waals surface area (Å²) in [6, 6.07) is 5.34. The summed E-state index contributed by atoms with van der Waals surface area (Å²) in [4.78, 5) is 12.4. The number of benzene rings is 1. The number of halogens is 1. The van der Waals surface area contributed by atoms with Crippen LogP contribution >= 0.6 is 0 Å². The minimum atomic E-state index is -1.01. The summed E-state index contributed by atoms with van der Waals surface area (Å²) < 4.78 is 14.8. The maximum atomic E-state index is 14.8. The van der Waals surface area contributed by atoms with Crippen LogP contribution in [0.25, 0.3) is 28.2 Å². The SMILES string of the molecule is CC(C)(O)C=Cc1cc2[nH]cc(-c3ccnc(NC4CC(C)(C)NC(C)(C)C4)n3)c2cc1F. The molecule has 3 aromatic rings. The zero-order valence-corrected chi connectivity index (χ0v) is 20.3. The van der Waals surface area contributed by atoms with Crippen LogP contribution in [-0.2, 0) is 0 Å². The Labute approximate surface area is 194 Å². The lowest BCUT2D eigenvalue weighted by Crippen LogP contribution is -2.60. The molecule has 2 aromatic heterocycles. The van der Waals surface area contributed by atoms with Gasteiger partial charge in [-0.05, 0) is 72.6 Å². The molecule has 0 radical (unpaired) electrons. The number of anilines is 1. The van der Waals surface area contributed by atoms with Crippen LogP contribution in [0.3, 0.4) is 0 Å². The summed E-state index contributed by atoms with van der Waals surface area (Å²) >= 11 is 0. The number of rotatable bonds is 5. The van der Waals surface area contributed by atoms with Crippen LogP contribution in [0.4, 0.5) is 10.3 Å². The number of fused-ring (bicyclic) bond motifs is 1. The summed E-state index contributed by atoms with van der Waals surface area (Å²) in [5.41, 5.74) is 1.79. The van der Waals surface area contributed by atoms with Gasteiger partial charge < -0.3 is 20.7 Å². The third kappa shape index (κ3) is 5.60. The van der Waals surface area contributed by atoms with Crippen LogP contribution in [0.5, 0.6) is 0 Å². The van der Waals surface area contributed by atoms with E-state index in [4.69, 9.17) is 4.98 Å². The quantitative estimate of drug-likeness (QED) is 0.425. The van der Waals surface area contributed by atoms with Gasteiger partial charge >= 0.3 is 0 Å². The van der Waals surface area contributed by atoms with Gasteiger partial charge in [-0.2, -0.15) is 0 Å². The van der Waals surface area contributed by atoms with E-state index >= 15 is 0 Å². The fourth-order valence-corrected chi connectivity index (χ4v) is 4.98. The lowest BCUT2D eigenvalue weighted by Gasteiger charge is -2.46. The molecule has 1 aliphatic heterocycles. The maximum Gasteiger partial charge on any atom is 0.223 e. The minimum Gasteiger partial charge on any atom is -0.386 e. The second kappa shape index (κ2) is 8.22. The van der Waals surface area contributed by atoms with E-state index in [1.165, 1.54) is 6.07 Å². The average Bonchev–Trinajstić information content (AvgIpc) is 3.05. The van der Waals surface area contributed by atoms with Crippen molar-refractivity contribution in [1.29, 1.82) is 0 Å². The van der Waals surface area contributed by atoms with Crippen LogP contribution in [0, 0.1) is 5.82 Å². The minimum absolute atomic E-state index is 0.0167. The molecule has 0 unspecified atom stereocenters. The number of hydrogen-bond acceptors (Lipinski definition) is 5. The van der Waals surface area contributed by atoms with E-state index in [1.807, 2.05) is 12.3 Å². The molecule has 7 heteroatoms. The molecule has 0 amide bonds. The van der Waals surface area contributed by atoms with Gasteiger partial charge in [-0.1, -0.05) is 12.2 Å². The molecule has 1 aromatic carbocycles. The second-order valence-corrected chi connectivity index (χ2v) is 11.0. The molecule has 33 heavy (non-hydrogen) atoms. The summed E-state index contributed by atoms with van der Waals surface area (Å²) in [6.45, 7) is 12.2. The smallest absolute Gasteiger partial charge is 0.223 e. The van der Waals surface area contributed by atoms with Crippen molar-refractivity contribution in [1.82, 2.24) is 20.3 Å². The molecular weight excluding hydrogens is 417 g/mol. The van der Waals surface area contributed by atoms with Crippen LogP contribution in [0.15, 0.2) is 36.7 Å². The Morgan fingerprint density at radius 1 is 1.18 bits per heavy atom. The van der Waals surface area contributed by atoms with Gasteiger partial charge in [0.1, 0.15) is 5.82 Å². The van der Waals surface area contributed by atoms with Gasteiger partial charge in [-0.15, -0.1) is 0 Å². The molecule has 0 aliphatic carbocycles. The molecule has 1 aliphatic rings. The highest BCUT2D eigenvalue weighted by atomic mass is 19.1. The van der Waals surface area contributed by atoms with Crippen molar-refractivity contribution >= 4 is 22.9 Å². The van der Waals surface area contributed by atoms with Gasteiger partial charge in [0.15, 0.2) is 0 Å². The first-order chi connectivity index (χ1) is 15.3. The molecule has 1 saturated heterocycles. The van der Waals surface area contributed by atoms with Crippen molar-refractivity contribution in [2.45, 2.75) is 77.1 Å². The highest BCUT2D eigenvalue weighted by Gasteiger charge is 2.37. The molecule has 0 spiro atoms. The standard InChI is InChI=1S/C26H34FN5O/c1-24(2)13-17(14-25(3,4)32-24)30-23-28-10-8-21(31-23)19-15-29-22-11-16(7-9-26(5,6)33)20(27)12-18(19)22/h7-12,15,17,29,32-33H,13-14H2,1-6H3,(H,28,30,31). The monoisotopic (exact) mass is 451 g/mol. The maximum absolute atomic E-state index is 14.8. The number of nitrogens with one attached hydrogen (secondary N) is 3. The number of aliphatic hydroxyl groups is 1. The number of nitrogens with zero attached hydrogens (tertiary/aromatic N) is 2. The Hall–Kier alpha value is -2.77. The van der Waals surface area contributed by atoms with Crippen LogP contribution in [0.2, 0.25) is 0 Å². The Bertz CT molecular complexity index is 1170. The lowest BCUT2D eigenvalue weighted by atomic mass is 9.80.